The van der Waals surface area contributed by atoms with E-state index in [1.807, 2.05) is 11.6 Å². The van der Waals surface area contributed by atoms with Crippen molar-refractivity contribution in [1.82, 2.24) is 39.1 Å². The number of nitrogens with zero attached hydrogens (tertiary/aromatic N) is 7. The lowest BCUT2D eigenvalue weighted by molar-refractivity contribution is 0.673. The van der Waals surface area contributed by atoms with Gasteiger partial charge >= 0.3 is 0 Å². The van der Waals surface area contributed by atoms with Crippen LogP contribution in [0.1, 0.15) is 25.1 Å². The highest BCUT2D eigenvalue weighted by molar-refractivity contribution is 7.99. The van der Waals surface area contributed by atoms with Crippen LogP contribution in [0.5, 0.6) is 0 Å². The first-order valence-corrected chi connectivity index (χ1v) is 8.81. The molecule has 4 aromatic heterocycles. The lowest BCUT2D eigenvalue weighted by Gasteiger charge is -2.09. The van der Waals surface area contributed by atoms with Crippen LogP contribution in [0, 0.1) is 0 Å². The number of hydrogen-bond donors (Lipinski definition) is 1. The van der Waals surface area contributed by atoms with Crippen LogP contribution in [-0.2, 0) is 7.05 Å². The van der Waals surface area contributed by atoms with Crippen LogP contribution in [0.2, 0.25) is 0 Å². The number of aromatic nitrogens is 8. The fraction of sp³-hybridized carbons (Fsp3) is 0.333. The molecule has 0 aliphatic carbocycles. The summed E-state index contributed by atoms with van der Waals surface area (Å²) in [5, 5.41) is 9.03. The smallest absolute Gasteiger partial charge is 0.293 e. The first kappa shape index (κ1) is 15.8. The van der Waals surface area contributed by atoms with Crippen molar-refractivity contribution in [1.29, 1.82) is 0 Å². The molecule has 0 aliphatic heterocycles. The summed E-state index contributed by atoms with van der Waals surface area (Å²) < 4.78 is 3.62. The van der Waals surface area contributed by atoms with E-state index >= 15 is 0 Å². The molecule has 9 nitrogen and oxygen atoms in total. The van der Waals surface area contributed by atoms with E-state index in [-0.39, 0.29) is 11.5 Å². The Morgan fingerprint density at radius 3 is 3.00 bits per heavy atom. The van der Waals surface area contributed by atoms with E-state index in [0.29, 0.717) is 5.65 Å². The molecule has 25 heavy (non-hydrogen) atoms. The van der Waals surface area contributed by atoms with E-state index in [1.54, 1.807) is 41.2 Å². The number of hydrogen-bond acceptors (Lipinski definition) is 7. The lowest BCUT2D eigenvalue weighted by atomic mass is 10.1. The molecule has 0 spiro atoms. The molecule has 0 bridgehead atoms. The van der Waals surface area contributed by atoms with E-state index in [4.69, 9.17) is 0 Å². The topological polar surface area (TPSA) is 107 Å². The van der Waals surface area contributed by atoms with E-state index in [0.717, 1.165) is 34.2 Å². The number of nitrogens with one attached hydrogen (secondary N) is 1. The van der Waals surface area contributed by atoms with Gasteiger partial charge in [-0.15, -0.1) is 22.0 Å². The second-order valence-corrected chi connectivity index (χ2v) is 6.87. The Hall–Kier alpha value is -2.75. The maximum Gasteiger partial charge on any atom is 0.293 e. The molecule has 0 saturated carbocycles. The standard InChI is InChI=1S/C15H16N8OS/c1-9(11-20-21-13-14(24)16-4-5-23(11)13)3-6-25-15-10-12(17-7-18-15)22(2)8-19-10/h4-5,7-9H,3,6H2,1-2H3,(H,16,24). The average molecular weight is 356 g/mol. The summed E-state index contributed by atoms with van der Waals surface area (Å²) in [5.41, 5.74) is 1.74. The number of aryl methyl sites for hydroxylation is 1. The average Bonchev–Trinajstić information content (AvgIpc) is 3.21. The Labute approximate surface area is 146 Å². The van der Waals surface area contributed by atoms with Crippen molar-refractivity contribution in [2.24, 2.45) is 7.05 Å². The monoisotopic (exact) mass is 356 g/mol. The van der Waals surface area contributed by atoms with E-state index < -0.39 is 0 Å². The quantitative estimate of drug-likeness (QED) is 0.425. The van der Waals surface area contributed by atoms with Crippen LogP contribution in [0.15, 0.2) is 34.9 Å². The second kappa shape index (κ2) is 6.28. The van der Waals surface area contributed by atoms with Crippen LogP contribution in [0.3, 0.4) is 0 Å². The molecule has 4 rings (SSSR count). The predicted octanol–water partition coefficient (Wildman–Crippen LogP) is 1.38. The van der Waals surface area contributed by atoms with Crippen LogP contribution in [0.4, 0.5) is 0 Å². The summed E-state index contributed by atoms with van der Waals surface area (Å²) in [6.45, 7) is 2.08. The van der Waals surface area contributed by atoms with Gasteiger partial charge in [0.2, 0.25) is 5.65 Å². The summed E-state index contributed by atoms with van der Waals surface area (Å²) >= 11 is 1.65. The molecule has 1 unspecified atom stereocenters. The summed E-state index contributed by atoms with van der Waals surface area (Å²) in [4.78, 5) is 27.3. The van der Waals surface area contributed by atoms with Gasteiger partial charge in [-0.3, -0.25) is 9.20 Å². The molecule has 4 aromatic rings. The maximum atomic E-state index is 11.7. The summed E-state index contributed by atoms with van der Waals surface area (Å²) in [6, 6.07) is 0. The van der Waals surface area contributed by atoms with Gasteiger partial charge in [0, 0.05) is 31.1 Å². The van der Waals surface area contributed by atoms with Crippen molar-refractivity contribution in [2.45, 2.75) is 24.3 Å². The zero-order chi connectivity index (χ0) is 17.4. The van der Waals surface area contributed by atoms with Gasteiger partial charge in [-0.1, -0.05) is 6.92 Å². The van der Waals surface area contributed by atoms with E-state index in [1.165, 1.54) is 0 Å². The van der Waals surface area contributed by atoms with E-state index in [2.05, 4.69) is 37.1 Å². The first-order valence-electron chi connectivity index (χ1n) is 7.82. The molecule has 10 heteroatoms. The zero-order valence-electron chi connectivity index (χ0n) is 13.7. The minimum Gasteiger partial charge on any atom is -0.324 e. The van der Waals surface area contributed by atoms with Gasteiger partial charge in [-0.25, -0.2) is 15.0 Å². The third-order valence-corrected chi connectivity index (χ3v) is 5.07. The minimum atomic E-state index is -0.235. The van der Waals surface area contributed by atoms with Crippen molar-refractivity contribution in [3.63, 3.8) is 0 Å². The third-order valence-electron chi connectivity index (χ3n) is 4.06. The van der Waals surface area contributed by atoms with Gasteiger partial charge < -0.3 is 9.55 Å². The number of H-pyrrole nitrogens is 1. The fourth-order valence-corrected chi connectivity index (χ4v) is 3.75. The molecule has 0 aliphatic rings. The van der Waals surface area contributed by atoms with Crippen molar-refractivity contribution < 1.29 is 0 Å². The normalized spacial score (nSPS) is 12.9. The first-order chi connectivity index (χ1) is 12.1. The van der Waals surface area contributed by atoms with Crippen molar-refractivity contribution in [3.8, 4) is 0 Å². The number of aromatic amines is 1. The molecule has 0 saturated heterocycles. The van der Waals surface area contributed by atoms with Crippen LogP contribution in [0.25, 0.3) is 16.8 Å². The van der Waals surface area contributed by atoms with Crippen molar-refractivity contribution >= 4 is 28.6 Å². The molecular weight excluding hydrogens is 340 g/mol. The predicted molar refractivity (Wildman–Crippen MR) is 93.7 cm³/mol. The summed E-state index contributed by atoms with van der Waals surface area (Å²) in [6.07, 6.45) is 7.55. The molecule has 0 amide bonds. The number of fused-ring (bicyclic) bond motifs is 2. The molecular formula is C15H16N8OS. The van der Waals surface area contributed by atoms with Crippen LogP contribution in [-0.4, -0.2) is 44.9 Å². The lowest BCUT2D eigenvalue weighted by Crippen LogP contribution is -2.10. The van der Waals surface area contributed by atoms with Crippen LogP contribution < -0.4 is 5.56 Å². The molecule has 4 heterocycles. The highest BCUT2D eigenvalue weighted by Gasteiger charge is 2.16. The molecule has 1 atom stereocenters. The fourth-order valence-electron chi connectivity index (χ4n) is 2.68. The highest BCUT2D eigenvalue weighted by Crippen LogP contribution is 2.26. The largest absolute Gasteiger partial charge is 0.324 e. The van der Waals surface area contributed by atoms with Crippen molar-refractivity contribution in [2.75, 3.05) is 5.75 Å². The van der Waals surface area contributed by atoms with Gasteiger partial charge in [-0.05, 0) is 6.42 Å². The van der Waals surface area contributed by atoms with Gasteiger partial charge in [0.15, 0.2) is 5.65 Å². The maximum absolute atomic E-state index is 11.7. The molecule has 0 aromatic carbocycles. The van der Waals surface area contributed by atoms with Gasteiger partial charge in [0.05, 0.1) is 6.33 Å². The Morgan fingerprint density at radius 2 is 2.12 bits per heavy atom. The minimum absolute atomic E-state index is 0.158. The summed E-state index contributed by atoms with van der Waals surface area (Å²) in [5.74, 6) is 1.79. The van der Waals surface area contributed by atoms with Gasteiger partial charge in [-0.2, -0.15) is 0 Å². The Morgan fingerprint density at radius 1 is 1.24 bits per heavy atom. The number of rotatable bonds is 5. The van der Waals surface area contributed by atoms with E-state index in [9.17, 15) is 4.79 Å². The highest BCUT2D eigenvalue weighted by atomic mass is 32.2. The van der Waals surface area contributed by atoms with Crippen molar-refractivity contribution in [3.05, 3.63) is 41.2 Å². The molecule has 128 valence electrons. The molecule has 0 radical (unpaired) electrons. The van der Waals surface area contributed by atoms with Crippen LogP contribution >= 0.6 is 11.8 Å². The molecule has 1 N–H and O–H groups in total. The summed E-state index contributed by atoms with van der Waals surface area (Å²) in [7, 11) is 1.91. The number of thioether (sulfide) groups is 1. The number of imidazole rings is 1. The Bertz CT molecular complexity index is 1100. The Balaban J connectivity index is 1.49. The van der Waals surface area contributed by atoms with Gasteiger partial charge in [0.1, 0.15) is 22.7 Å². The third kappa shape index (κ3) is 2.78. The SMILES string of the molecule is CC(CCSc1ncnc2c1ncn2C)c1nnc2c(=O)[nH]ccn12. The second-order valence-electron chi connectivity index (χ2n) is 5.79. The Kier molecular flexibility index (Phi) is 3.96. The van der Waals surface area contributed by atoms with Gasteiger partial charge in [0.25, 0.3) is 5.56 Å². The molecule has 0 fully saturated rings. The zero-order valence-corrected chi connectivity index (χ0v) is 14.6.